The van der Waals surface area contributed by atoms with E-state index < -0.39 is 0 Å². The summed E-state index contributed by atoms with van der Waals surface area (Å²) < 4.78 is 5.85. The number of aryl methyl sites for hydroxylation is 1. The monoisotopic (exact) mass is 349 g/mol. The molecule has 2 aromatic carbocycles. The van der Waals surface area contributed by atoms with Gasteiger partial charge in [0.25, 0.3) is 0 Å². The lowest BCUT2D eigenvalue weighted by Gasteiger charge is -2.29. The molecule has 0 radical (unpaired) electrons. The minimum absolute atomic E-state index is 0.234. The third kappa shape index (κ3) is 3.53. The van der Waals surface area contributed by atoms with Crippen LogP contribution in [0.5, 0.6) is 5.75 Å². The number of nitrogens with zero attached hydrogens (tertiary/aromatic N) is 1. The van der Waals surface area contributed by atoms with Crippen molar-refractivity contribution in [1.82, 2.24) is 4.90 Å². The first-order chi connectivity index (χ1) is 12.4. The van der Waals surface area contributed by atoms with Gasteiger partial charge in [0.15, 0.2) is 0 Å². The molecule has 2 aliphatic rings. The summed E-state index contributed by atoms with van der Waals surface area (Å²) in [6.07, 6.45) is 3.86. The van der Waals surface area contributed by atoms with Crippen molar-refractivity contribution in [1.29, 1.82) is 0 Å². The average Bonchev–Trinajstić information content (AvgIpc) is 2.89. The Kier molecular flexibility index (Phi) is 4.56. The first-order valence-electron chi connectivity index (χ1n) is 10.0. The molecule has 1 heterocycles. The van der Waals surface area contributed by atoms with E-state index in [9.17, 15) is 0 Å². The van der Waals surface area contributed by atoms with Crippen molar-refractivity contribution in [2.75, 3.05) is 6.54 Å². The molecule has 0 fully saturated rings. The predicted octanol–water partition coefficient (Wildman–Crippen LogP) is 5.26. The molecule has 0 saturated carbocycles. The molecule has 0 unspecified atom stereocenters. The fourth-order valence-electron chi connectivity index (χ4n) is 4.52. The minimum Gasteiger partial charge on any atom is -0.491 e. The van der Waals surface area contributed by atoms with Crippen molar-refractivity contribution in [3.63, 3.8) is 0 Å². The molecule has 1 aliphatic carbocycles. The molecule has 0 aromatic heterocycles. The number of rotatable bonds is 4. The van der Waals surface area contributed by atoms with Crippen molar-refractivity contribution in [2.24, 2.45) is 0 Å². The molecule has 138 valence electrons. The van der Waals surface area contributed by atoms with E-state index in [4.69, 9.17) is 4.74 Å². The van der Waals surface area contributed by atoms with E-state index in [-0.39, 0.29) is 6.10 Å². The molecule has 0 amide bonds. The fraction of sp³-hybridized carbons (Fsp3) is 0.500. The Morgan fingerprint density at radius 3 is 2.65 bits per heavy atom. The first kappa shape index (κ1) is 17.6. The highest BCUT2D eigenvalue weighted by Gasteiger charge is 2.29. The maximum absolute atomic E-state index is 5.85. The van der Waals surface area contributed by atoms with Gasteiger partial charge in [0, 0.05) is 19.6 Å². The van der Waals surface area contributed by atoms with Crippen molar-refractivity contribution >= 4 is 0 Å². The van der Waals surface area contributed by atoms with Crippen LogP contribution < -0.4 is 4.74 Å². The molecule has 2 heteroatoms. The van der Waals surface area contributed by atoms with Gasteiger partial charge in [-0.3, -0.25) is 4.90 Å². The second kappa shape index (κ2) is 6.74. The van der Waals surface area contributed by atoms with Gasteiger partial charge in [0.05, 0.1) is 6.10 Å². The number of hydrogen-bond acceptors (Lipinski definition) is 2. The Labute approximate surface area is 158 Å². The second-order valence-corrected chi connectivity index (χ2v) is 8.93. The maximum Gasteiger partial charge on any atom is 0.119 e. The van der Waals surface area contributed by atoms with Gasteiger partial charge in [-0.2, -0.15) is 0 Å². The highest BCUT2D eigenvalue weighted by Crippen LogP contribution is 2.38. The van der Waals surface area contributed by atoms with Crippen LogP contribution in [0.25, 0.3) is 0 Å². The summed E-state index contributed by atoms with van der Waals surface area (Å²) in [5.41, 5.74) is 7.85. The van der Waals surface area contributed by atoms with Crippen LogP contribution in [-0.2, 0) is 31.3 Å². The maximum atomic E-state index is 5.85. The van der Waals surface area contributed by atoms with Crippen LogP contribution in [0, 0.1) is 0 Å². The Hall–Kier alpha value is -1.80. The van der Waals surface area contributed by atoms with Gasteiger partial charge in [0.2, 0.25) is 0 Å². The SMILES string of the molecule is CC(C)Oc1ccc2c(c1)CCN(Cc1ccc3c(c1)CCC3(C)C)C2. The lowest BCUT2D eigenvalue weighted by Crippen LogP contribution is -2.30. The van der Waals surface area contributed by atoms with Crippen LogP contribution in [0.1, 0.15) is 61.9 Å². The zero-order chi connectivity index (χ0) is 18.3. The standard InChI is InChI=1S/C24H31NO/c1-17(2)26-22-7-6-21-16-25(12-10-19(21)14-22)15-18-5-8-23-20(13-18)9-11-24(23,3)4/h5-8,13-14,17H,9-12,15-16H2,1-4H3. The van der Waals surface area contributed by atoms with Gasteiger partial charge in [-0.1, -0.05) is 38.1 Å². The van der Waals surface area contributed by atoms with Crippen LogP contribution in [0.15, 0.2) is 36.4 Å². The highest BCUT2D eigenvalue weighted by atomic mass is 16.5. The second-order valence-electron chi connectivity index (χ2n) is 8.93. The predicted molar refractivity (Wildman–Crippen MR) is 108 cm³/mol. The molecule has 0 N–H and O–H groups in total. The van der Waals surface area contributed by atoms with E-state index in [0.717, 1.165) is 31.8 Å². The topological polar surface area (TPSA) is 12.5 Å². The van der Waals surface area contributed by atoms with E-state index in [1.165, 1.54) is 29.5 Å². The van der Waals surface area contributed by atoms with Gasteiger partial charge in [-0.05, 0) is 78.5 Å². The smallest absolute Gasteiger partial charge is 0.119 e. The summed E-state index contributed by atoms with van der Waals surface area (Å²) in [6.45, 7) is 12.1. The summed E-state index contributed by atoms with van der Waals surface area (Å²) >= 11 is 0. The van der Waals surface area contributed by atoms with E-state index in [1.807, 2.05) is 0 Å². The number of ether oxygens (including phenoxy) is 1. The Bertz CT molecular complexity index is 806. The summed E-state index contributed by atoms with van der Waals surface area (Å²) in [5.74, 6) is 1.01. The Balaban J connectivity index is 1.45. The minimum atomic E-state index is 0.234. The summed E-state index contributed by atoms with van der Waals surface area (Å²) in [5, 5.41) is 0. The zero-order valence-corrected chi connectivity index (χ0v) is 16.6. The first-order valence-corrected chi connectivity index (χ1v) is 10.0. The lowest BCUT2D eigenvalue weighted by atomic mass is 9.86. The fourth-order valence-corrected chi connectivity index (χ4v) is 4.52. The average molecular weight is 350 g/mol. The van der Waals surface area contributed by atoms with Crippen LogP contribution in [0.3, 0.4) is 0 Å². The molecule has 0 bridgehead atoms. The van der Waals surface area contributed by atoms with Gasteiger partial charge in [-0.25, -0.2) is 0 Å². The largest absolute Gasteiger partial charge is 0.491 e. The van der Waals surface area contributed by atoms with Crippen molar-refractivity contribution in [3.05, 3.63) is 64.2 Å². The molecular weight excluding hydrogens is 318 g/mol. The Morgan fingerprint density at radius 1 is 1.00 bits per heavy atom. The Morgan fingerprint density at radius 2 is 1.85 bits per heavy atom. The summed E-state index contributed by atoms with van der Waals surface area (Å²) in [6, 6.07) is 13.8. The molecule has 0 saturated heterocycles. The quantitative estimate of drug-likeness (QED) is 0.747. The number of benzene rings is 2. The zero-order valence-electron chi connectivity index (χ0n) is 16.6. The van der Waals surface area contributed by atoms with E-state index in [2.05, 4.69) is 69.0 Å². The van der Waals surface area contributed by atoms with Gasteiger partial charge in [0.1, 0.15) is 5.75 Å². The van der Waals surface area contributed by atoms with Crippen LogP contribution >= 0.6 is 0 Å². The normalized spacial score (nSPS) is 18.7. The molecular formula is C24H31NO. The molecule has 0 atom stereocenters. The van der Waals surface area contributed by atoms with E-state index in [0.29, 0.717) is 5.41 Å². The van der Waals surface area contributed by atoms with Gasteiger partial charge >= 0.3 is 0 Å². The number of hydrogen-bond donors (Lipinski definition) is 0. The molecule has 1 aliphatic heterocycles. The number of fused-ring (bicyclic) bond motifs is 2. The third-order valence-electron chi connectivity index (χ3n) is 5.97. The van der Waals surface area contributed by atoms with Crippen molar-refractivity contribution < 1.29 is 4.74 Å². The molecule has 0 spiro atoms. The molecule has 4 rings (SSSR count). The third-order valence-corrected chi connectivity index (χ3v) is 5.97. The molecule has 2 aromatic rings. The summed E-state index contributed by atoms with van der Waals surface area (Å²) in [4.78, 5) is 2.58. The van der Waals surface area contributed by atoms with Gasteiger partial charge < -0.3 is 4.74 Å². The van der Waals surface area contributed by atoms with Crippen LogP contribution in [0.4, 0.5) is 0 Å². The lowest BCUT2D eigenvalue weighted by molar-refractivity contribution is 0.235. The highest BCUT2D eigenvalue weighted by molar-refractivity contribution is 5.41. The van der Waals surface area contributed by atoms with E-state index in [1.54, 1.807) is 11.1 Å². The van der Waals surface area contributed by atoms with Crippen molar-refractivity contribution in [2.45, 2.75) is 71.6 Å². The van der Waals surface area contributed by atoms with Crippen LogP contribution in [-0.4, -0.2) is 17.5 Å². The van der Waals surface area contributed by atoms with Crippen molar-refractivity contribution in [3.8, 4) is 5.75 Å². The van der Waals surface area contributed by atoms with Crippen LogP contribution in [0.2, 0.25) is 0 Å². The van der Waals surface area contributed by atoms with E-state index >= 15 is 0 Å². The molecule has 2 nitrogen and oxygen atoms in total. The van der Waals surface area contributed by atoms with Gasteiger partial charge in [-0.15, -0.1) is 0 Å². The molecule has 26 heavy (non-hydrogen) atoms. The summed E-state index contributed by atoms with van der Waals surface area (Å²) in [7, 11) is 0.